The maximum Gasteiger partial charge on any atom is 0.338 e. The Morgan fingerprint density at radius 3 is 2.39 bits per heavy atom. The number of amides is 3. The van der Waals surface area contributed by atoms with Crippen molar-refractivity contribution in [1.82, 2.24) is 10.2 Å². The summed E-state index contributed by atoms with van der Waals surface area (Å²) in [5, 5.41) is 5.78. The molecule has 1 fully saturated rings. The van der Waals surface area contributed by atoms with E-state index in [0.717, 1.165) is 24.8 Å². The molecule has 28 heavy (non-hydrogen) atoms. The molecule has 1 aromatic carbocycles. The number of esters is 1. The monoisotopic (exact) mass is 385 g/mol. The van der Waals surface area contributed by atoms with Gasteiger partial charge in [-0.2, -0.15) is 0 Å². The third kappa shape index (κ3) is 4.03. The van der Waals surface area contributed by atoms with E-state index in [1.807, 2.05) is 12.1 Å². The van der Waals surface area contributed by atoms with E-state index in [4.69, 9.17) is 4.74 Å². The second-order valence-corrected chi connectivity index (χ2v) is 7.63. The summed E-state index contributed by atoms with van der Waals surface area (Å²) in [6, 6.07) is 6.30. The molecule has 3 amide bonds. The van der Waals surface area contributed by atoms with E-state index < -0.39 is 12.0 Å². The van der Waals surface area contributed by atoms with E-state index in [-0.39, 0.29) is 24.0 Å². The minimum atomic E-state index is -0.605. The van der Waals surface area contributed by atoms with Gasteiger partial charge in [0.2, 0.25) is 5.91 Å². The highest BCUT2D eigenvalue weighted by molar-refractivity contribution is 5.95. The van der Waals surface area contributed by atoms with Crippen LogP contribution in [0.3, 0.4) is 0 Å². The van der Waals surface area contributed by atoms with Crippen LogP contribution in [0.2, 0.25) is 0 Å². The van der Waals surface area contributed by atoms with E-state index in [0.29, 0.717) is 17.0 Å². The normalized spacial score (nSPS) is 20.0. The van der Waals surface area contributed by atoms with Crippen LogP contribution in [-0.4, -0.2) is 36.0 Å². The Hall–Kier alpha value is -2.83. The number of urea groups is 1. The Labute approximate surface area is 165 Å². The Balaban J connectivity index is 1.83. The molecule has 1 atom stereocenters. The Bertz CT molecular complexity index is 809. The molecule has 1 aromatic rings. The van der Waals surface area contributed by atoms with Crippen LogP contribution < -0.4 is 10.6 Å². The summed E-state index contributed by atoms with van der Waals surface area (Å²) in [6.45, 7) is 5.30. The zero-order valence-electron chi connectivity index (χ0n) is 16.7. The predicted molar refractivity (Wildman–Crippen MR) is 105 cm³/mol. The van der Waals surface area contributed by atoms with Crippen molar-refractivity contribution < 1.29 is 19.1 Å². The summed E-state index contributed by atoms with van der Waals surface area (Å²) in [6.07, 6.45) is 2.72. The predicted octanol–water partition coefficient (Wildman–Crippen LogP) is 3.35. The lowest BCUT2D eigenvalue weighted by Crippen LogP contribution is -2.46. The van der Waals surface area contributed by atoms with Crippen molar-refractivity contribution in [3.63, 3.8) is 0 Å². The summed E-state index contributed by atoms with van der Waals surface area (Å²) in [4.78, 5) is 38.5. The molecule has 0 bridgehead atoms. The fourth-order valence-electron chi connectivity index (χ4n) is 3.30. The van der Waals surface area contributed by atoms with Crippen molar-refractivity contribution >= 4 is 23.6 Å². The number of nitrogens with one attached hydrogen (secondary N) is 2. The van der Waals surface area contributed by atoms with E-state index in [9.17, 15) is 14.4 Å². The first kappa shape index (κ1) is 19.9. The second-order valence-electron chi connectivity index (χ2n) is 7.63. The third-order valence-electron chi connectivity index (χ3n) is 5.30. The van der Waals surface area contributed by atoms with Crippen LogP contribution in [0, 0.1) is 5.92 Å². The number of benzene rings is 1. The molecule has 1 saturated carbocycles. The quantitative estimate of drug-likeness (QED) is 0.761. The topological polar surface area (TPSA) is 87.7 Å². The van der Waals surface area contributed by atoms with Crippen LogP contribution in [0.4, 0.5) is 10.5 Å². The van der Waals surface area contributed by atoms with Gasteiger partial charge < -0.3 is 20.3 Å². The molecule has 3 rings (SSSR count). The first-order valence-electron chi connectivity index (χ1n) is 9.64. The summed E-state index contributed by atoms with van der Waals surface area (Å²) in [5.41, 5.74) is 2.41. The van der Waals surface area contributed by atoms with Gasteiger partial charge in [0, 0.05) is 24.4 Å². The Kier molecular flexibility index (Phi) is 5.72. The first-order chi connectivity index (χ1) is 13.3. The minimum absolute atomic E-state index is 0.0449. The van der Waals surface area contributed by atoms with Crippen LogP contribution in [0.15, 0.2) is 35.5 Å². The molecular formula is C21H27N3O4. The fraction of sp³-hybridized carbons (Fsp3) is 0.476. The van der Waals surface area contributed by atoms with E-state index in [2.05, 4.69) is 10.6 Å². The van der Waals surface area contributed by atoms with E-state index in [1.165, 1.54) is 4.90 Å². The molecule has 150 valence electrons. The standard InChI is InChI=1S/C21H27N3O4/c1-12(2)28-20(26)17-13(3)24(4)21(27)23-18(17)14-8-10-16(11-9-14)22-19(25)15-6-5-7-15/h8-12,15,18H,5-7H2,1-4H3,(H,22,25)(H,23,27). The van der Waals surface area contributed by atoms with Gasteiger partial charge in [-0.15, -0.1) is 0 Å². The molecule has 2 aliphatic rings. The van der Waals surface area contributed by atoms with Gasteiger partial charge in [0.25, 0.3) is 0 Å². The molecule has 1 aliphatic carbocycles. The number of ether oxygens (including phenoxy) is 1. The zero-order valence-corrected chi connectivity index (χ0v) is 16.7. The molecule has 2 N–H and O–H groups in total. The summed E-state index contributed by atoms with van der Waals surface area (Å²) in [7, 11) is 1.61. The Morgan fingerprint density at radius 2 is 1.86 bits per heavy atom. The molecule has 0 saturated heterocycles. The van der Waals surface area contributed by atoms with Gasteiger partial charge >= 0.3 is 12.0 Å². The average molecular weight is 385 g/mol. The maximum atomic E-state index is 12.7. The first-order valence-corrected chi connectivity index (χ1v) is 9.64. The summed E-state index contributed by atoms with van der Waals surface area (Å²) < 4.78 is 5.39. The lowest BCUT2D eigenvalue weighted by atomic mass is 9.85. The minimum Gasteiger partial charge on any atom is -0.459 e. The van der Waals surface area contributed by atoms with Crippen LogP contribution in [0.25, 0.3) is 0 Å². The van der Waals surface area contributed by atoms with Gasteiger partial charge in [-0.25, -0.2) is 9.59 Å². The van der Waals surface area contributed by atoms with E-state index in [1.54, 1.807) is 40.0 Å². The number of anilines is 1. The largest absolute Gasteiger partial charge is 0.459 e. The van der Waals surface area contributed by atoms with Gasteiger partial charge in [-0.05, 0) is 51.3 Å². The molecule has 0 aromatic heterocycles. The van der Waals surface area contributed by atoms with Gasteiger partial charge in [-0.3, -0.25) is 4.79 Å². The number of carbonyl (C=O) groups is 3. The molecular weight excluding hydrogens is 358 g/mol. The Morgan fingerprint density at radius 1 is 1.21 bits per heavy atom. The highest BCUT2D eigenvalue weighted by Gasteiger charge is 2.35. The van der Waals surface area contributed by atoms with Gasteiger partial charge in [0.05, 0.1) is 17.7 Å². The highest BCUT2D eigenvalue weighted by Crippen LogP contribution is 2.32. The fourth-order valence-corrected chi connectivity index (χ4v) is 3.30. The number of hydrogen-bond donors (Lipinski definition) is 2. The van der Waals surface area contributed by atoms with Crippen molar-refractivity contribution in [2.45, 2.75) is 52.2 Å². The smallest absolute Gasteiger partial charge is 0.338 e. The molecule has 0 radical (unpaired) electrons. The molecule has 0 spiro atoms. The number of carbonyl (C=O) groups excluding carboxylic acids is 3. The van der Waals surface area contributed by atoms with Gasteiger partial charge in [0.1, 0.15) is 0 Å². The SMILES string of the molecule is CC1=C(C(=O)OC(C)C)C(c2ccc(NC(=O)C3CCC3)cc2)NC(=O)N1C. The number of hydrogen-bond acceptors (Lipinski definition) is 4. The molecule has 7 nitrogen and oxygen atoms in total. The van der Waals surface area contributed by atoms with Crippen LogP contribution in [0.5, 0.6) is 0 Å². The van der Waals surface area contributed by atoms with Crippen LogP contribution in [0.1, 0.15) is 51.6 Å². The number of allylic oxidation sites excluding steroid dienone is 1. The lowest BCUT2D eigenvalue weighted by molar-refractivity contribution is -0.143. The lowest BCUT2D eigenvalue weighted by Gasteiger charge is -2.33. The number of rotatable bonds is 5. The van der Waals surface area contributed by atoms with Crippen molar-refractivity contribution in [2.75, 3.05) is 12.4 Å². The second kappa shape index (κ2) is 8.04. The van der Waals surface area contributed by atoms with Gasteiger partial charge in [-0.1, -0.05) is 18.6 Å². The molecule has 1 heterocycles. The van der Waals surface area contributed by atoms with Crippen LogP contribution in [-0.2, 0) is 14.3 Å². The van der Waals surface area contributed by atoms with Crippen molar-refractivity contribution in [2.24, 2.45) is 5.92 Å². The molecule has 1 unspecified atom stereocenters. The van der Waals surface area contributed by atoms with Crippen LogP contribution >= 0.6 is 0 Å². The van der Waals surface area contributed by atoms with Crippen molar-refractivity contribution in [3.8, 4) is 0 Å². The average Bonchev–Trinajstić information content (AvgIpc) is 2.57. The van der Waals surface area contributed by atoms with E-state index >= 15 is 0 Å². The number of nitrogens with zero attached hydrogens (tertiary/aromatic N) is 1. The molecule has 7 heteroatoms. The maximum absolute atomic E-state index is 12.7. The van der Waals surface area contributed by atoms with Gasteiger partial charge in [0.15, 0.2) is 0 Å². The summed E-state index contributed by atoms with van der Waals surface area (Å²) >= 11 is 0. The molecule has 1 aliphatic heterocycles. The highest BCUT2D eigenvalue weighted by atomic mass is 16.5. The van der Waals surface area contributed by atoms with Crippen molar-refractivity contribution in [3.05, 3.63) is 41.1 Å². The van der Waals surface area contributed by atoms with Crippen molar-refractivity contribution in [1.29, 1.82) is 0 Å². The zero-order chi connectivity index (χ0) is 20.4. The summed E-state index contributed by atoms with van der Waals surface area (Å²) in [5.74, 6) is -0.300. The third-order valence-corrected chi connectivity index (χ3v) is 5.30.